The van der Waals surface area contributed by atoms with E-state index in [1.165, 1.54) is 19.3 Å². The molecule has 3 aliphatic heterocycles. The summed E-state index contributed by atoms with van der Waals surface area (Å²) in [7, 11) is 0. The Bertz CT molecular complexity index is 676. The summed E-state index contributed by atoms with van der Waals surface area (Å²) in [5, 5.41) is 0. The molecule has 0 bridgehead atoms. The van der Waals surface area contributed by atoms with E-state index in [0.29, 0.717) is 31.5 Å². The van der Waals surface area contributed by atoms with Gasteiger partial charge in [-0.3, -0.25) is 9.59 Å². The number of nitrogens with zero attached hydrogens (tertiary/aromatic N) is 1. The summed E-state index contributed by atoms with van der Waals surface area (Å²) >= 11 is 0. The second-order valence-electron chi connectivity index (χ2n) is 10.4. The van der Waals surface area contributed by atoms with Crippen LogP contribution in [-0.4, -0.2) is 61.4 Å². The molecule has 0 aromatic heterocycles. The van der Waals surface area contributed by atoms with Gasteiger partial charge >= 0.3 is 11.9 Å². The number of hydrogen-bond acceptors (Lipinski definition) is 6. The molecule has 2 aliphatic carbocycles. The van der Waals surface area contributed by atoms with Crippen LogP contribution in [-0.2, 0) is 23.8 Å². The van der Waals surface area contributed by atoms with Crippen molar-refractivity contribution in [3.63, 3.8) is 0 Å². The van der Waals surface area contributed by atoms with Gasteiger partial charge in [0, 0.05) is 19.0 Å². The van der Waals surface area contributed by atoms with E-state index in [1.807, 2.05) is 6.92 Å². The van der Waals surface area contributed by atoms with E-state index in [1.54, 1.807) is 0 Å². The molecule has 0 radical (unpaired) electrons. The van der Waals surface area contributed by atoms with Gasteiger partial charge in [0.2, 0.25) is 0 Å². The van der Waals surface area contributed by atoms with Gasteiger partial charge in [-0.1, -0.05) is 6.92 Å². The summed E-state index contributed by atoms with van der Waals surface area (Å²) in [5.41, 5.74) is 0.333. The largest absolute Gasteiger partial charge is 0.466 e. The molecule has 0 aromatic rings. The van der Waals surface area contributed by atoms with Gasteiger partial charge in [-0.2, -0.15) is 0 Å². The second kappa shape index (κ2) is 7.23. The third kappa shape index (κ3) is 3.40. The summed E-state index contributed by atoms with van der Waals surface area (Å²) in [6.45, 7) is 7.94. The molecule has 7 atom stereocenters. The summed E-state index contributed by atoms with van der Waals surface area (Å²) in [6.07, 6.45) is 7.60. The molecule has 1 spiro atoms. The van der Waals surface area contributed by atoms with Gasteiger partial charge in [0.1, 0.15) is 6.10 Å². The first-order valence-corrected chi connectivity index (χ1v) is 11.7. The topological polar surface area (TPSA) is 68.4 Å². The van der Waals surface area contributed by atoms with Crippen molar-refractivity contribution in [1.82, 2.24) is 4.90 Å². The molecule has 3 heterocycles. The fraction of sp³-hybridized carbons (Fsp3) is 0.913. The minimum absolute atomic E-state index is 0.0220. The maximum absolute atomic E-state index is 12.8. The molecule has 0 amide bonds. The van der Waals surface area contributed by atoms with E-state index < -0.39 is 0 Å². The third-order valence-electron chi connectivity index (χ3n) is 8.66. The minimum atomic E-state index is -0.0902. The van der Waals surface area contributed by atoms with Crippen LogP contribution in [0.5, 0.6) is 0 Å². The van der Waals surface area contributed by atoms with E-state index in [0.717, 1.165) is 38.8 Å². The highest BCUT2D eigenvalue weighted by Crippen LogP contribution is 2.62. The van der Waals surface area contributed by atoms with Crippen LogP contribution < -0.4 is 0 Å². The Morgan fingerprint density at radius 2 is 2.14 bits per heavy atom. The Kier molecular flexibility index (Phi) is 4.93. The van der Waals surface area contributed by atoms with E-state index in [2.05, 4.69) is 11.8 Å². The minimum Gasteiger partial charge on any atom is -0.466 e. The zero-order valence-electron chi connectivity index (χ0n) is 17.9. The lowest BCUT2D eigenvalue weighted by molar-refractivity contribution is -0.150. The van der Waals surface area contributed by atoms with Gasteiger partial charge in [0.25, 0.3) is 0 Å². The average Bonchev–Trinajstić information content (AvgIpc) is 3.40. The molecule has 0 N–H and O–H groups in total. The van der Waals surface area contributed by atoms with Crippen LogP contribution in [0.3, 0.4) is 0 Å². The highest BCUT2D eigenvalue weighted by molar-refractivity contribution is 5.76. The third-order valence-corrected chi connectivity index (χ3v) is 8.66. The van der Waals surface area contributed by atoms with Crippen LogP contribution in [0, 0.1) is 29.1 Å². The van der Waals surface area contributed by atoms with Crippen LogP contribution >= 0.6 is 0 Å². The molecule has 0 unspecified atom stereocenters. The molecule has 6 nitrogen and oxygen atoms in total. The van der Waals surface area contributed by atoms with E-state index in [-0.39, 0.29) is 40.9 Å². The lowest BCUT2D eigenvalue weighted by Gasteiger charge is -2.51. The highest BCUT2D eigenvalue weighted by Gasteiger charge is 2.65. The van der Waals surface area contributed by atoms with Crippen molar-refractivity contribution in [3.05, 3.63) is 0 Å². The van der Waals surface area contributed by atoms with E-state index in [4.69, 9.17) is 14.2 Å². The fourth-order valence-corrected chi connectivity index (χ4v) is 7.12. The number of piperidine rings is 1. The fourth-order valence-electron chi connectivity index (χ4n) is 7.12. The molecule has 5 fully saturated rings. The highest BCUT2D eigenvalue weighted by atomic mass is 16.6. The first-order chi connectivity index (χ1) is 13.9. The number of epoxide rings is 1. The Hall–Kier alpha value is -1.14. The first-order valence-electron chi connectivity index (χ1n) is 11.7. The van der Waals surface area contributed by atoms with Gasteiger partial charge in [0.15, 0.2) is 0 Å². The summed E-state index contributed by atoms with van der Waals surface area (Å²) in [6, 6.07) is 0. The SMILES string of the molecule is CCOC(=O)[C@H]1CCCN(C[C@H]2C(=O)O[C@@H]3C[C@@]4(C)CCC[C@@]5(CO5)[C@@H]4C[C@@H]32)C1. The van der Waals surface area contributed by atoms with Crippen molar-refractivity contribution in [3.8, 4) is 0 Å². The molecule has 162 valence electrons. The van der Waals surface area contributed by atoms with Gasteiger partial charge < -0.3 is 19.1 Å². The van der Waals surface area contributed by atoms with Gasteiger partial charge in [0.05, 0.1) is 30.7 Å². The maximum Gasteiger partial charge on any atom is 0.310 e. The molecular formula is C23H35NO5. The molecule has 3 saturated heterocycles. The number of fused-ring (bicyclic) bond motifs is 3. The predicted octanol–water partition coefficient (Wildman–Crippen LogP) is 2.79. The van der Waals surface area contributed by atoms with Crippen molar-refractivity contribution in [2.45, 2.75) is 70.5 Å². The number of ether oxygens (including phenoxy) is 3. The number of carbonyl (C=O) groups is 2. The van der Waals surface area contributed by atoms with Crippen LogP contribution in [0.15, 0.2) is 0 Å². The zero-order chi connectivity index (χ0) is 20.2. The Morgan fingerprint density at radius 1 is 1.31 bits per heavy atom. The summed E-state index contributed by atoms with van der Waals surface area (Å²) in [5.74, 6) is 0.605. The standard InChI is InChI=1S/C23H35NO5/c1-3-27-20(25)15-6-4-9-24(12-15)13-17-16-10-19-22(2,11-18(16)29-21(17)26)7-5-8-23(19)14-28-23/h15-19H,3-14H2,1-2H3/t15-,16+,17+,18+,19+,22+,23+/m0/s1. The molecule has 2 saturated carbocycles. The lowest BCUT2D eigenvalue weighted by Crippen LogP contribution is -2.51. The predicted molar refractivity (Wildman–Crippen MR) is 106 cm³/mol. The quantitative estimate of drug-likeness (QED) is 0.529. The normalized spacial score (nSPS) is 46.7. The Morgan fingerprint density at radius 3 is 2.90 bits per heavy atom. The number of rotatable bonds is 4. The van der Waals surface area contributed by atoms with Crippen LogP contribution in [0.4, 0.5) is 0 Å². The molecule has 6 heteroatoms. The molecule has 29 heavy (non-hydrogen) atoms. The lowest BCUT2D eigenvalue weighted by atomic mass is 9.53. The average molecular weight is 406 g/mol. The second-order valence-corrected chi connectivity index (χ2v) is 10.4. The molecular weight excluding hydrogens is 370 g/mol. The molecule has 5 aliphatic rings. The van der Waals surface area contributed by atoms with Gasteiger partial charge in [-0.05, 0) is 69.7 Å². The first kappa shape index (κ1) is 19.8. The summed E-state index contributed by atoms with van der Waals surface area (Å²) < 4.78 is 17.2. The van der Waals surface area contributed by atoms with Crippen molar-refractivity contribution in [1.29, 1.82) is 0 Å². The number of carbonyl (C=O) groups excluding carboxylic acids is 2. The Balaban J connectivity index is 1.28. The van der Waals surface area contributed by atoms with E-state index in [9.17, 15) is 9.59 Å². The van der Waals surface area contributed by atoms with Crippen LogP contribution in [0.2, 0.25) is 0 Å². The maximum atomic E-state index is 12.8. The molecule has 0 aromatic carbocycles. The van der Waals surface area contributed by atoms with Crippen LogP contribution in [0.1, 0.15) is 58.8 Å². The smallest absolute Gasteiger partial charge is 0.310 e. The van der Waals surface area contributed by atoms with Crippen LogP contribution in [0.25, 0.3) is 0 Å². The van der Waals surface area contributed by atoms with Gasteiger partial charge in [-0.15, -0.1) is 0 Å². The van der Waals surface area contributed by atoms with Crippen molar-refractivity contribution < 1.29 is 23.8 Å². The summed E-state index contributed by atoms with van der Waals surface area (Å²) in [4.78, 5) is 27.3. The van der Waals surface area contributed by atoms with Gasteiger partial charge in [-0.25, -0.2) is 0 Å². The Labute approximate surface area is 173 Å². The van der Waals surface area contributed by atoms with Crippen molar-refractivity contribution in [2.24, 2.45) is 29.1 Å². The molecule has 5 rings (SSSR count). The monoisotopic (exact) mass is 405 g/mol. The number of hydrogen-bond donors (Lipinski definition) is 0. The van der Waals surface area contributed by atoms with Crippen molar-refractivity contribution in [2.75, 3.05) is 32.8 Å². The number of likely N-dealkylation sites (tertiary alicyclic amines) is 1. The van der Waals surface area contributed by atoms with Crippen molar-refractivity contribution >= 4 is 11.9 Å². The van der Waals surface area contributed by atoms with E-state index >= 15 is 0 Å². The number of esters is 2. The zero-order valence-corrected chi connectivity index (χ0v) is 17.9.